The van der Waals surface area contributed by atoms with Gasteiger partial charge in [0, 0.05) is 6.54 Å². The second-order valence-electron chi connectivity index (χ2n) is 3.39. The van der Waals surface area contributed by atoms with E-state index in [9.17, 15) is 4.79 Å². The van der Waals surface area contributed by atoms with Gasteiger partial charge in [-0.2, -0.15) is 0 Å². The zero-order valence-corrected chi connectivity index (χ0v) is 9.64. The number of methoxy groups -OCH3 is 1. The Morgan fingerprint density at radius 3 is 2.81 bits per heavy atom. The quantitative estimate of drug-likeness (QED) is 0.667. The number of carbonyl (C=O) groups excluding carboxylic acids is 1. The average Bonchev–Trinajstić information content (AvgIpc) is 2.28. The summed E-state index contributed by atoms with van der Waals surface area (Å²) in [7, 11) is 5.18. The molecular formula is C10H15N3O3. The summed E-state index contributed by atoms with van der Waals surface area (Å²) in [5.74, 6) is -0.199. The largest absolute Gasteiger partial charge is 0.475 e. The molecule has 0 fully saturated rings. The summed E-state index contributed by atoms with van der Waals surface area (Å²) >= 11 is 0. The summed E-state index contributed by atoms with van der Waals surface area (Å²) in [5, 5.41) is 0. The minimum Gasteiger partial charge on any atom is -0.475 e. The van der Waals surface area contributed by atoms with Crippen LogP contribution in [0.15, 0.2) is 12.4 Å². The summed E-state index contributed by atoms with van der Waals surface area (Å²) < 4.78 is 9.86. The van der Waals surface area contributed by atoms with Gasteiger partial charge in [0.05, 0.1) is 19.5 Å². The zero-order valence-electron chi connectivity index (χ0n) is 9.64. The Kier molecular flexibility index (Phi) is 4.65. The fourth-order valence-electron chi connectivity index (χ4n) is 0.953. The summed E-state index contributed by atoms with van der Waals surface area (Å²) in [6.45, 7) is 1.26. The lowest BCUT2D eigenvalue weighted by Crippen LogP contribution is -2.20. The first kappa shape index (κ1) is 12.4. The van der Waals surface area contributed by atoms with Crippen LogP contribution in [0.4, 0.5) is 0 Å². The molecule has 1 aromatic rings. The number of aromatic nitrogens is 2. The molecule has 0 saturated heterocycles. The number of ether oxygens (including phenoxy) is 2. The summed E-state index contributed by atoms with van der Waals surface area (Å²) in [6, 6.07) is 0. The molecule has 88 valence electrons. The Hall–Kier alpha value is -1.69. The Labute approximate surface area is 94.2 Å². The SMILES string of the molecule is COC(=O)c1cncc(OCCN(C)C)n1. The van der Waals surface area contributed by atoms with Crippen LogP contribution in [-0.4, -0.2) is 55.2 Å². The lowest BCUT2D eigenvalue weighted by atomic mass is 10.4. The van der Waals surface area contributed by atoms with Crippen molar-refractivity contribution in [1.29, 1.82) is 0 Å². The van der Waals surface area contributed by atoms with Crippen molar-refractivity contribution < 1.29 is 14.3 Å². The molecule has 0 aromatic carbocycles. The fraction of sp³-hybridized carbons (Fsp3) is 0.500. The Morgan fingerprint density at radius 2 is 2.19 bits per heavy atom. The Morgan fingerprint density at radius 1 is 1.44 bits per heavy atom. The molecule has 0 amide bonds. The molecule has 6 heteroatoms. The molecule has 0 N–H and O–H groups in total. The topological polar surface area (TPSA) is 64.6 Å². The highest BCUT2D eigenvalue weighted by atomic mass is 16.5. The van der Waals surface area contributed by atoms with Gasteiger partial charge in [0.15, 0.2) is 5.69 Å². The molecule has 6 nitrogen and oxygen atoms in total. The number of carbonyl (C=O) groups is 1. The maximum atomic E-state index is 11.2. The monoisotopic (exact) mass is 225 g/mol. The highest BCUT2D eigenvalue weighted by molar-refractivity contribution is 5.86. The van der Waals surface area contributed by atoms with E-state index in [1.807, 2.05) is 19.0 Å². The molecule has 1 aromatic heterocycles. The molecule has 0 atom stereocenters. The van der Waals surface area contributed by atoms with Crippen LogP contribution in [0.1, 0.15) is 10.5 Å². The molecule has 0 radical (unpaired) electrons. The van der Waals surface area contributed by atoms with Crippen LogP contribution in [0.5, 0.6) is 5.88 Å². The highest BCUT2D eigenvalue weighted by Crippen LogP contribution is 2.05. The van der Waals surface area contributed by atoms with Crippen LogP contribution in [0.3, 0.4) is 0 Å². The van der Waals surface area contributed by atoms with Gasteiger partial charge in [-0.05, 0) is 14.1 Å². The van der Waals surface area contributed by atoms with Crippen molar-refractivity contribution in [3.8, 4) is 5.88 Å². The summed E-state index contributed by atoms with van der Waals surface area (Å²) in [4.78, 5) is 21.0. The molecule has 0 aliphatic heterocycles. The maximum absolute atomic E-state index is 11.2. The number of esters is 1. The molecule has 0 aliphatic carbocycles. The van der Waals surface area contributed by atoms with Gasteiger partial charge in [0.25, 0.3) is 0 Å². The lowest BCUT2D eigenvalue weighted by molar-refractivity contribution is 0.0592. The molecule has 0 saturated carbocycles. The predicted molar refractivity (Wildman–Crippen MR) is 57.4 cm³/mol. The van der Waals surface area contributed by atoms with Gasteiger partial charge in [-0.25, -0.2) is 9.78 Å². The number of hydrogen-bond acceptors (Lipinski definition) is 6. The third-order valence-corrected chi connectivity index (χ3v) is 1.80. The fourth-order valence-corrected chi connectivity index (χ4v) is 0.953. The van der Waals surface area contributed by atoms with Crippen molar-refractivity contribution in [3.63, 3.8) is 0 Å². The van der Waals surface area contributed by atoms with Crippen molar-refractivity contribution in [1.82, 2.24) is 14.9 Å². The third kappa shape index (κ3) is 3.82. The third-order valence-electron chi connectivity index (χ3n) is 1.80. The van der Waals surface area contributed by atoms with Gasteiger partial charge in [0.1, 0.15) is 6.61 Å². The van der Waals surface area contributed by atoms with Gasteiger partial charge >= 0.3 is 5.97 Å². The molecule has 1 heterocycles. The van der Waals surface area contributed by atoms with E-state index in [0.717, 1.165) is 6.54 Å². The molecule has 0 bridgehead atoms. The van der Waals surface area contributed by atoms with Crippen LogP contribution in [0, 0.1) is 0 Å². The van der Waals surface area contributed by atoms with Crippen molar-refractivity contribution in [3.05, 3.63) is 18.1 Å². The molecule has 0 unspecified atom stereocenters. The van der Waals surface area contributed by atoms with Crippen molar-refractivity contribution in [2.75, 3.05) is 34.4 Å². The standard InChI is InChI=1S/C10H15N3O3/c1-13(2)4-5-16-9-7-11-6-8(12-9)10(14)15-3/h6-7H,4-5H2,1-3H3. The number of rotatable bonds is 5. The molecule has 0 spiro atoms. The van der Waals surface area contributed by atoms with Crippen molar-refractivity contribution in [2.24, 2.45) is 0 Å². The van der Waals surface area contributed by atoms with Gasteiger partial charge in [-0.15, -0.1) is 0 Å². The molecular weight excluding hydrogens is 210 g/mol. The van der Waals surface area contributed by atoms with Crippen LogP contribution < -0.4 is 4.74 Å². The zero-order chi connectivity index (χ0) is 12.0. The van der Waals surface area contributed by atoms with E-state index in [2.05, 4.69) is 14.7 Å². The predicted octanol–water partition coefficient (Wildman–Crippen LogP) is 0.204. The average molecular weight is 225 g/mol. The minimum absolute atomic E-state index is 0.143. The summed E-state index contributed by atoms with van der Waals surface area (Å²) in [6.07, 6.45) is 2.80. The normalized spacial score (nSPS) is 10.2. The van der Waals surface area contributed by atoms with E-state index >= 15 is 0 Å². The van der Waals surface area contributed by atoms with Crippen LogP contribution >= 0.6 is 0 Å². The Bertz CT molecular complexity index is 355. The van der Waals surface area contributed by atoms with Gasteiger partial charge in [-0.1, -0.05) is 0 Å². The van der Waals surface area contributed by atoms with Crippen molar-refractivity contribution in [2.45, 2.75) is 0 Å². The highest BCUT2D eigenvalue weighted by Gasteiger charge is 2.08. The van der Waals surface area contributed by atoms with E-state index < -0.39 is 5.97 Å². The van der Waals surface area contributed by atoms with E-state index in [4.69, 9.17) is 4.74 Å². The van der Waals surface area contributed by atoms with E-state index in [0.29, 0.717) is 12.5 Å². The van der Waals surface area contributed by atoms with E-state index in [-0.39, 0.29) is 5.69 Å². The second kappa shape index (κ2) is 6.02. The smallest absolute Gasteiger partial charge is 0.358 e. The first-order chi connectivity index (χ1) is 7.63. The lowest BCUT2D eigenvalue weighted by Gasteiger charge is -2.10. The van der Waals surface area contributed by atoms with Gasteiger partial charge in [-0.3, -0.25) is 4.98 Å². The molecule has 0 aliphatic rings. The maximum Gasteiger partial charge on any atom is 0.358 e. The number of hydrogen-bond donors (Lipinski definition) is 0. The van der Waals surface area contributed by atoms with E-state index in [1.165, 1.54) is 19.5 Å². The van der Waals surface area contributed by atoms with E-state index in [1.54, 1.807) is 0 Å². The second-order valence-corrected chi connectivity index (χ2v) is 3.39. The Balaban J connectivity index is 2.57. The molecule has 16 heavy (non-hydrogen) atoms. The first-order valence-corrected chi connectivity index (χ1v) is 4.81. The van der Waals surface area contributed by atoms with Crippen molar-refractivity contribution >= 4 is 5.97 Å². The van der Waals surface area contributed by atoms with Crippen LogP contribution in [0.25, 0.3) is 0 Å². The summed E-state index contributed by atoms with van der Waals surface area (Å²) in [5.41, 5.74) is 0.143. The minimum atomic E-state index is -0.523. The number of likely N-dealkylation sites (N-methyl/N-ethyl adjacent to an activating group) is 1. The van der Waals surface area contributed by atoms with Gasteiger partial charge in [0.2, 0.25) is 5.88 Å². The first-order valence-electron chi connectivity index (χ1n) is 4.81. The molecule has 1 rings (SSSR count). The number of nitrogens with zero attached hydrogens (tertiary/aromatic N) is 3. The van der Waals surface area contributed by atoms with Gasteiger partial charge < -0.3 is 14.4 Å². The van der Waals surface area contributed by atoms with Crippen LogP contribution in [0.2, 0.25) is 0 Å². The van der Waals surface area contributed by atoms with Crippen LogP contribution in [-0.2, 0) is 4.74 Å².